The van der Waals surface area contributed by atoms with Crippen LogP contribution >= 0.6 is 11.6 Å². The maximum atomic E-state index is 13.4. The van der Waals surface area contributed by atoms with Gasteiger partial charge in [-0.1, -0.05) is 37.2 Å². The number of amides is 1. The molecule has 0 spiro atoms. The van der Waals surface area contributed by atoms with Gasteiger partial charge in [0.15, 0.2) is 0 Å². The van der Waals surface area contributed by atoms with Crippen molar-refractivity contribution in [3.8, 4) is 11.5 Å². The zero-order valence-corrected chi connectivity index (χ0v) is 13.0. The van der Waals surface area contributed by atoms with Gasteiger partial charge in [-0.3, -0.25) is 5.32 Å². The Kier molecular flexibility index (Phi) is 4.98. The third kappa shape index (κ3) is 4.93. The van der Waals surface area contributed by atoms with Crippen molar-refractivity contribution in [2.75, 3.05) is 12.4 Å². The van der Waals surface area contributed by atoms with Gasteiger partial charge in [0, 0.05) is 11.6 Å². The summed E-state index contributed by atoms with van der Waals surface area (Å²) in [4.78, 5) is 11.2. The summed E-state index contributed by atoms with van der Waals surface area (Å²) in [6, 6.07) is 2.53. The molecule has 0 radical (unpaired) electrons. The minimum atomic E-state index is -1.58. The van der Waals surface area contributed by atoms with Gasteiger partial charge in [0.05, 0.1) is 17.8 Å². The second kappa shape index (κ2) is 6.09. The third-order valence-electron chi connectivity index (χ3n) is 2.05. The van der Waals surface area contributed by atoms with Crippen molar-refractivity contribution < 1.29 is 13.9 Å². The normalized spacial score (nSPS) is 10.4. The highest BCUT2D eigenvalue weighted by atomic mass is 35.5. The average molecular weight is 300 g/mol. The van der Waals surface area contributed by atoms with E-state index in [1.54, 1.807) is 0 Å². The minimum Gasteiger partial charge on any atom is -0.453 e. The highest BCUT2D eigenvalue weighted by molar-refractivity contribution is 6.83. The number of nitrogens with one attached hydrogen (secondary N) is 1. The van der Waals surface area contributed by atoms with Gasteiger partial charge in [-0.2, -0.15) is 0 Å². The molecule has 1 rings (SSSR count). The molecule has 3 nitrogen and oxygen atoms in total. The van der Waals surface area contributed by atoms with E-state index in [0.29, 0.717) is 5.56 Å². The molecular weight excluding hydrogens is 285 g/mol. The predicted octanol–water partition coefficient (Wildman–Crippen LogP) is 3.89. The van der Waals surface area contributed by atoms with Gasteiger partial charge in [-0.15, -0.1) is 5.54 Å². The van der Waals surface area contributed by atoms with E-state index in [0.717, 1.165) is 6.07 Å². The Hall–Kier alpha value is -1.51. The summed E-state index contributed by atoms with van der Waals surface area (Å²) >= 11 is 5.73. The minimum absolute atomic E-state index is 0.0321. The number of ether oxygens (including phenoxy) is 1. The lowest BCUT2D eigenvalue weighted by atomic mass is 10.2. The summed E-state index contributed by atoms with van der Waals surface area (Å²) in [7, 11) is -0.353. The fraction of sp³-hybridized carbons (Fsp3) is 0.308. The van der Waals surface area contributed by atoms with Crippen LogP contribution in [0.5, 0.6) is 0 Å². The number of methoxy groups -OCH3 is 1. The Bertz CT molecular complexity index is 558. The van der Waals surface area contributed by atoms with E-state index in [4.69, 9.17) is 11.6 Å². The maximum Gasteiger partial charge on any atom is 0.411 e. The fourth-order valence-corrected chi connectivity index (χ4v) is 1.84. The molecule has 0 unspecified atom stereocenters. The molecule has 0 saturated heterocycles. The van der Waals surface area contributed by atoms with Crippen LogP contribution in [0.1, 0.15) is 5.56 Å². The molecule has 0 heterocycles. The van der Waals surface area contributed by atoms with Crippen molar-refractivity contribution in [3.63, 3.8) is 0 Å². The van der Waals surface area contributed by atoms with Crippen LogP contribution in [0.2, 0.25) is 24.7 Å². The first-order valence-corrected chi connectivity index (χ1v) is 9.48. The molecule has 0 aliphatic heterocycles. The Balaban J connectivity index is 3.23. The van der Waals surface area contributed by atoms with Gasteiger partial charge < -0.3 is 4.74 Å². The molecule has 6 heteroatoms. The number of anilines is 1. The van der Waals surface area contributed by atoms with Crippen LogP contribution in [0.15, 0.2) is 12.1 Å². The lowest BCUT2D eigenvalue weighted by molar-refractivity contribution is 0.187. The van der Waals surface area contributed by atoms with E-state index in [2.05, 4.69) is 41.2 Å². The molecular formula is C13H15ClFNO2Si. The van der Waals surface area contributed by atoms with Gasteiger partial charge >= 0.3 is 6.09 Å². The molecule has 102 valence electrons. The quantitative estimate of drug-likeness (QED) is 0.631. The lowest BCUT2D eigenvalue weighted by Crippen LogP contribution is -2.16. The van der Waals surface area contributed by atoms with Crippen molar-refractivity contribution >= 4 is 31.5 Å². The standard InChI is InChI=1S/C13H15ClFNO2Si/c1-18-13(17)16-12-8-11(15)10(14)7-9(12)5-6-19(2,3)4/h7-8H,1-4H3,(H,16,17). The molecule has 0 aromatic heterocycles. The smallest absolute Gasteiger partial charge is 0.411 e. The molecule has 0 atom stereocenters. The molecule has 0 bridgehead atoms. The summed E-state index contributed by atoms with van der Waals surface area (Å²) in [6.45, 7) is 6.25. The molecule has 1 amide bonds. The van der Waals surface area contributed by atoms with Crippen molar-refractivity contribution in [2.24, 2.45) is 0 Å². The number of hydrogen-bond donors (Lipinski definition) is 1. The van der Waals surface area contributed by atoms with Gasteiger partial charge in [-0.05, 0) is 6.07 Å². The molecule has 1 N–H and O–H groups in total. The SMILES string of the molecule is COC(=O)Nc1cc(F)c(Cl)cc1C#C[Si](C)(C)C. The van der Waals surface area contributed by atoms with Gasteiger partial charge in [-0.25, -0.2) is 9.18 Å². The molecule has 1 aromatic rings. The monoisotopic (exact) mass is 299 g/mol. The first-order chi connectivity index (χ1) is 8.73. The summed E-state index contributed by atoms with van der Waals surface area (Å²) in [5.41, 5.74) is 3.85. The van der Waals surface area contributed by atoms with E-state index in [-0.39, 0.29) is 10.7 Å². The summed E-state index contributed by atoms with van der Waals surface area (Å²) in [5, 5.41) is 2.39. The number of hydrogen-bond acceptors (Lipinski definition) is 2. The van der Waals surface area contributed by atoms with Crippen LogP contribution in [-0.4, -0.2) is 21.3 Å². The average Bonchev–Trinajstić information content (AvgIpc) is 2.30. The first kappa shape index (κ1) is 15.5. The second-order valence-electron chi connectivity index (χ2n) is 4.93. The number of carbonyl (C=O) groups is 1. The van der Waals surface area contributed by atoms with E-state index < -0.39 is 20.0 Å². The topological polar surface area (TPSA) is 38.3 Å². The second-order valence-corrected chi connectivity index (χ2v) is 10.1. The van der Waals surface area contributed by atoms with Gasteiger partial charge in [0.2, 0.25) is 0 Å². The molecule has 1 aromatic carbocycles. The molecule has 0 aliphatic rings. The fourth-order valence-electron chi connectivity index (χ4n) is 1.17. The molecule has 0 fully saturated rings. The van der Waals surface area contributed by atoms with Crippen molar-refractivity contribution in [1.82, 2.24) is 0 Å². The van der Waals surface area contributed by atoms with Crippen LogP contribution < -0.4 is 5.32 Å². The summed E-state index contributed by atoms with van der Waals surface area (Å²) in [5.74, 6) is 2.32. The number of carbonyl (C=O) groups excluding carboxylic acids is 1. The van der Waals surface area contributed by atoms with Crippen molar-refractivity contribution in [3.05, 3.63) is 28.5 Å². The van der Waals surface area contributed by atoms with Gasteiger partial charge in [0.25, 0.3) is 0 Å². The van der Waals surface area contributed by atoms with Crippen LogP contribution in [0.4, 0.5) is 14.9 Å². The third-order valence-corrected chi connectivity index (χ3v) is 3.22. The van der Waals surface area contributed by atoms with Crippen LogP contribution in [0, 0.1) is 17.3 Å². The number of rotatable bonds is 1. The number of benzene rings is 1. The highest BCUT2D eigenvalue weighted by Gasteiger charge is 2.12. The van der Waals surface area contributed by atoms with Crippen molar-refractivity contribution in [2.45, 2.75) is 19.6 Å². The van der Waals surface area contributed by atoms with E-state index >= 15 is 0 Å². The zero-order chi connectivity index (χ0) is 14.6. The lowest BCUT2D eigenvalue weighted by Gasteiger charge is -2.09. The predicted molar refractivity (Wildman–Crippen MR) is 77.7 cm³/mol. The number of halogens is 2. The van der Waals surface area contributed by atoms with Gasteiger partial charge in [0.1, 0.15) is 13.9 Å². The molecule has 0 saturated carbocycles. The van der Waals surface area contributed by atoms with Crippen molar-refractivity contribution in [1.29, 1.82) is 0 Å². The summed E-state index contributed by atoms with van der Waals surface area (Å²) in [6.07, 6.45) is -0.683. The van der Waals surface area contributed by atoms with Crippen LogP contribution in [0.25, 0.3) is 0 Å². The molecule has 19 heavy (non-hydrogen) atoms. The molecule has 0 aliphatic carbocycles. The van der Waals surface area contributed by atoms with Crippen LogP contribution in [-0.2, 0) is 4.74 Å². The van der Waals surface area contributed by atoms with E-state index in [1.165, 1.54) is 13.2 Å². The Morgan fingerprint density at radius 3 is 2.58 bits per heavy atom. The zero-order valence-electron chi connectivity index (χ0n) is 11.2. The highest BCUT2D eigenvalue weighted by Crippen LogP contribution is 2.24. The Labute approximate surface area is 118 Å². The Morgan fingerprint density at radius 1 is 1.42 bits per heavy atom. The largest absolute Gasteiger partial charge is 0.453 e. The van der Waals surface area contributed by atoms with E-state index in [1.807, 2.05) is 0 Å². The van der Waals surface area contributed by atoms with Crippen LogP contribution in [0.3, 0.4) is 0 Å². The van der Waals surface area contributed by atoms with E-state index in [9.17, 15) is 9.18 Å². The maximum absolute atomic E-state index is 13.4. The summed E-state index contributed by atoms with van der Waals surface area (Å²) < 4.78 is 17.9. The first-order valence-electron chi connectivity index (χ1n) is 5.60. The Morgan fingerprint density at radius 2 is 2.05 bits per heavy atom.